The van der Waals surface area contributed by atoms with Crippen LogP contribution in [0.5, 0.6) is 5.75 Å². The Morgan fingerprint density at radius 3 is 2.35 bits per heavy atom. The van der Waals surface area contributed by atoms with Crippen molar-refractivity contribution in [3.05, 3.63) is 35.5 Å². The number of rotatable bonds is 6. The summed E-state index contributed by atoms with van der Waals surface area (Å²) in [6, 6.07) is 7.31. The fraction of sp³-hybridized carbons (Fsp3) is 0.545. The molecule has 8 nitrogen and oxygen atoms in total. The average molecular weight is 448 g/mol. The normalized spacial score (nSPS) is 15.7. The zero-order chi connectivity index (χ0) is 22.8. The molecule has 31 heavy (non-hydrogen) atoms. The molecule has 0 aliphatic carbocycles. The van der Waals surface area contributed by atoms with Gasteiger partial charge in [-0.05, 0) is 37.0 Å². The number of hydrogen-bond donors (Lipinski definition) is 1. The Bertz CT molecular complexity index is 1030. The van der Waals surface area contributed by atoms with Gasteiger partial charge in [0.25, 0.3) is 0 Å². The molecule has 0 radical (unpaired) electrons. The Balaban J connectivity index is 1.82. The van der Waals surface area contributed by atoms with Crippen LogP contribution in [0.4, 0.5) is 11.8 Å². The lowest BCUT2D eigenvalue weighted by atomic mass is 9.87. The Morgan fingerprint density at radius 2 is 1.77 bits per heavy atom. The number of hydrogen-bond acceptors (Lipinski definition) is 7. The summed E-state index contributed by atoms with van der Waals surface area (Å²) in [5, 5.41) is 3.21. The third kappa shape index (κ3) is 5.10. The smallest absolute Gasteiger partial charge is 0.246 e. The largest absolute Gasteiger partial charge is 0.495 e. The number of piperazine rings is 1. The maximum atomic E-state index is 13.5. The molecule has 1 N–H and O–H groups in total. The van der Waals surface area contributed by atoms with Crippen LogP contribution in [-0.4, -0.2) is 62.5 Å². The number of aromatic nitrogens is 2. The van der Waals surface area contributed by atoms with Crippen molar-refractivity contribution < 1.29 is 13.2 Å². The molecule has 1 fully saturated rings. The minimum Gasteiger partial charge on any atom is -0.495 e. The number of sulfonamides is 1. The van der Waals surface area contributed by atoms with Gasteiger partial charge in [-0.1, -0.05) is 26.8 Å². The Morgan fingerprint density at radius 1 is 1.10 bits per heavy atom. The van der Waals surface area contributed by atoms with Gasteiger partial charge in [0.1, 0.15) is 16.5 Å². The molecule has 170 valence electrons. The van der Waals surface area contributed by atoms with Crippen molar-refractivity contribution in [2.24, 2.45) is 0 Å². The molecule has 2 heterocycles. The van der Waals surface area contributed by atoms with Crippen LogP contribution in [0.25, 0.3) is 0 Å². The van der Waals surface area contributed by atoms with E-state index >= 15 is 0 Å². The number of ether oxygens (including phenoxy) is 1. The van der Waals surface area contributed by atoms with Gasteiger partial charge in [0.2, 0.25) is 16.0 Å². The van der Waals surface area contributed by atoms with Gasteiger partial charge in [-0.25, -0.2) is 13.4 Å². The maximum absolute atomic E-state index is 13.5. The molecule has 1 saturated heterocycles. The highest BCUT2D eigenvalue weighted by Crippen LogP contribution is 2.33. The number of anilines is 2. The van der Waals surface area contributed by atoms with Crippen LogP contribution in [0.15, 0.2) is 29.2 Å². The summed E-state index contributed by atoms with van der Waals surface area (Å²) in [6.45, 7) is 12.7. The van der Waals surface area contributed by atoms with E-state index in [0.717, 1.165) is 23.6 Å². The Labute approximate surface area is 185 Å². The molecule has 1 aliphatic rings. The van der Waals surface area contributed by atoms with Gasteiger partial charge in [-0.3, -0.25) is 0 Å². The van der Waals surface area contributed by atoms with E-state index in [1.807, 2.05) is 30.9 Å². The molecule has 0 saturated carbocycles. The highest BCUT2D eigenvalue weighted by Gasteiger charge is 2.32. The van der Waals surface area contributed by atoms with E-state index in [4.69, 9.17) is 4.74 Å². The first kappa shape index (κ1) is 23.3. The zero-order valence-electron chi connectivity index (χ0n) is 19.3. The second kappa shape index (κ2) is 9.00. The van der Waals surface area contributed by atoms with Crippen LogP contribution in [0.3, 0.4) is 0 Å². The number of nitrogens with one attached hydrogen (secondary N) is 1. The predicted octanol–water partition coefficient (Wildman–Crippen LogP) is 3.03. The van der Waals surface area contributed by atoms with Crippen molar-refractivity contribution in [1.82, 2.24) is 14.3 Å². The van der Waals surface area contributed by atoms with Gasteiger partial charge in [-0.2, -0.15) is 9.29 Å². The molecule has 9 heteroatoms. The summed E-state index contributed by atoms with van der Waals surface area (Å²) in [5.74, 6) is 1.77. The number of nitrogens with zero attached hydrogens (tertiary/aromatic N) is 4. The van der Waals surface area contributed by atoms with Gasteiger partial charge < -0.3 is 15.0 Å². The molecule has 0 spiro atoms. The summed E-state index contributed by atoms with van der Waals surface area (Å²) < 4.78 is 33.8. The molecule has 1 aliphatic heterocycles. The predicted molar refractivity (Wildman–Crippen MR) is 124 cm³/mol. The van der Waals surface area contributed by atoms with Crippen LogP contribution in [0, 0.1) is 6.92 Å². The van der Waals surface area contributed by atoms with Gasteiger partial charge >= 0.3 is 0 Å². The summed E-state index contributed by atoms with van der Waals surface area (Å²) in [6.07, 6.45) is 0. The van der Waals surface area contributed by atoms with E-state index in [1.165, 1.54) is 11.4 Å². The fourth-order valence-electron chi connectivity index (χ4n) is 3.58. The van der Waals surface area contributed by atoms with Crippen molar-refractivity contribution in [3.63, 3.8) is 0 Å². The summed E-state index contributed by atoms with van der Waals surface area (Å²) in [4.78, 5) is 11.4. The number of aryl methyl sites for hydroxylation is 1. The topological polar surface area (TPSA) is 87.7 Å². The minimum atomic E-state index is -3.69. The molecule has 1 aromatic heterocycles. The molecule has 2 aromatic rings. The highest BCUT2D eigenvalue weighted by atomic mass is 32.2. The summed E-state index contributed by atoms with van der Waals surface area (Å²) in [7, 11) is -2.19. The molecule has 0 unspecified atom stereocenters. The molecule has 1 aromatic carbocycles. The molecule has 0 atom stereocenters. The van der Waals surface area contributed by atoms with E-state index in [0.29, 0.717) is 37.9 Å². The summed E-state index contributed by atoms with van der Waals surface area (Å²) >= 11 is 0. The first-order valence-corrected chi connectivity index (χ1v) is 12.0. The SMILES string of the molecule is CCNc1cc(C)nc(N2CCN(S(=O)(=O)c3cc(C(C)(C)C)ccc3OC)CC2)n1. The maximum Gasteiger partial charge on any atom is 0.246 e. The van der Waals surface area contributed by atoms with Crippen molar-refractivity contribution in [2.45, 2.75) is 44.9 Å². The Kier molecular flexibility index (Phi) is 6.76. The lowest BCUT2D eigenvalue weighted by molar-refractivity contribution is 0.372. The highest BCUT2D eigenvalue weighted by molar-refractivity contribution is 7.89. The van der Waals surface area contributed by atoms with E-state index in [9.17, 15) is 8.42 Å². The molecule has 3 rings (SSSR count). The van der Waals surface area contributed by atoms with Gasteiger partial charge in [0.05, 0.1) is 7.11 Å². The van der Waals surface area contributed by atoms with Gasteiger partial charge in [-0.15, -0.1) is 0 Å². The number of benzene rings is 1. The number of methoxy groups -OCH3 is 1. The van der Waals surface area contributed by atoms with Gasteiger partial charge in [0.15, 0.2) is 0 Å². The quantitative estimate of drug-likeness (QED) is 0.728. The van der Waals surface area contributed by atoms with Gasteiger partial charge in [0, 0.05) is 44.5 Å². The average Bonchev–Trinajstić information content (AvgIpc) is 2.72. The zero-order valence-corrected chi connectivity index (χ0v) is 20.1. The van der Waals surface area contributed by atoms with Crippen molar-refractivity contribution in [2.75, 3.05) is 50.1 Å². The second-order valence-electron chi connectivity index (χ2n) is 8.73. The first-order chi connectivity index (χ1) is 14.6. The third-order valence-corrected chi connectivity index (χ3v) is 7.29. The summed E-state index contributed by atoms with van der Waals surface area (Å²) in [5.41, 5.74) is 1.66. The third-order valence-electron chi connectivity index (χ3n) is 5.37. The van der Waals surface area contributed by atoms with Crippen molar-refractivity contribution in [1.29, 1.82) is 0 Å². The monoisotopic (exact) mass is 447 g/mol. The second-order valence-corrected chi connectivity index (χ2v) is 10.6. The molecular weight excluding hydrogens is 414 g/mol. The van der Waals surface area contributed by atoms with E-state index in [-0.39, 0.29) is 10.3 Å². The molecule has 0 amide bonds. The first-order valence-electron chi connectivity index (χ1n) is 10.6. The Hall–Kier alpha value is -2.39. The van der Waals surface area contributed by atoms with Crippen LogP contribution in [0.1, 0.15) is 39.0 Å². The van der Waals surface area contributed by atoms with Crippen molar-refractivity contribution in [3.8, 4) is 5.75 Å². The minimum absolute atomic E-state index is 0.165. The van der Waals surface area contributed by atoms with Crippen LogP contribution >= 0.6 is 0 Å². The molecular formula is C22H33N5O3S. The van der Waals surface area contributed by atoms with E-state index in [1.54, 1.807) is 12.1 Å². The lowest BCUT2D eigenvalue weighted by Gasteiger charge is -2.34. The van der Waals surface area contributed by atoms with E-state index < -0.39 is 10.0 Å². The van der Waals surface area contributed by atoms with Crippen molar-refractivity contribution >= 4 is 21.8 Å². The van der Waals surface area contributed by atoms with Crippen LogP contribution in [0.2, 0.25) is 0 Å². The van der Waals surface area contributed by atoms with E-state index in [2.05, 4.69) is 36.1 Å². The standard InChI is InChI=1S/C22H33N5O3S/c1-7-23-20-14-16(2)24-21(25-20)26-10-12-27(13-11-26)31(28,29)19-15-17(22(3,4)5)8-9-18(19)30-6/h8-9,14-15H,7,10-13H2,1-6H3,(H,23,24,25). The van der Waals surface area contributed by atoms with Crippen LogP contribution < -0.4 is 15.0 Å². The van der Waals surface area contributed by atoms with Crippen LogP contribution in [-0.2, 0) is 15.4 Å². The molecule has 0 bridgehead atoms. The fourth-order valence-corrected chi connectivity index (χ4v) is 5.18. The lowest BCUT2D eigenvalue weighted by Crippen LogP contribution is -2.49.